The van der Waals surface area contributed by atoms with Crippen molar-refractivity contribution in [1.82, 2.24) is 0 Å². The maximum absolute atomic E-state index is 2.52. The van der Waals surface area contributed by atoms with Gasteiger partial charge in [0.05, 0.1) is 0 Å². The molecule has 2 rings (SSSR count). The van der Waals surface area contributed by atoms with Crippen LogP contribution in [0.3, 0.4) is 0 Å². The smallest absolute Gasteiger partial charge is 0.000263 e. The fraction of sp³-hybridized carbons (Fsp3) is 0.692. The van der Waals surface area contributed by atoms with Gasteiger partial charge in [0, 0.05) is 5.92 Å². The van der Waals surface area contributed by atoms with Crippen LogP contribution in [-0.2, 0) is 0 Å². The predicted molar refractivity (Wildman–Crippen MR) is 57.5 cm³/mol. The Bertz CT molecular complexity index is 232. The molecule has 0 aromatic carbocycles. The highest BCUT2D eigenvalue weighted by Crippen LogP contribution is 2.39. The summed E-state index contributed by atoms with van der Waals surface area (Å²) < 4.78 is 0. The molecule has 0 saturated carbocycles. The molecule has 72 valence electrons. The van der Waals surface area contributed by atoms with Crippen molar-refractivity contribution in [1.29, 1.82) is 0 Å². The third kappa shape index (κ3) is 1.72. The third-order valence-electron chi connectivity index (χ3n) is 3.48. The quantitative estimate of drug-likeness (QED) is 0.531. The molecule has 0 fully saturated rings. The molecular weight excluding hydrogens is 156 g/mol. The van der Waals surface area contributed by atoms with Crippen molar-refractivity contribution in [3.05, 3.63) is 23.8 Å². The van der Waals surface area contributed by atoms with E-state index in [1.165, 1.54) is 25.7 Å². The molecule has 2 aliphatic carbocycles. The summed E-state index contributed by atoms with van der Waals surface area (Å²) in [5.74, 6) is 2.42. The molecule has 0 radical (unpaired) electrons. The lowest BCUT2D eigenvalue weighted by Gasteiger charge is -2.33. The van der Waals surface area contributed by atoms with E-state index in [1.54, 1.807) is 5.57 Å². The lowest BCUT2D eigenvalue weighted by Crippen LogP contribution is -2.21. The van der Waals surface area contributed by atoms with E-state index in [1.807, 2.05) is 0 Å². The van der Waals surface area contributed by atoms with E-state index in [2.05, 4.69) is 32.1 Å². The first-order chi connectivity index (χ1) is 6.29. The lowest BCUT2D eigenvalue weighted by atomic mass is 9.72. The molecule has 0 nitrogen and oxygen atoms in total. The fourth-order valence-corrected chi connectivity index (χ4v) is 2.74. The maximum Gasteiger partial charge on any atom is 0.000263 e. The standard InChI is InChI=1S/C13H20/c1-10(2)12-9-5-7-11-6-3-4-8-13(11)12/h5,8-12H,3-4,6-7H2,1-2H3. The van der Waals surface area contributed by atoms with Gasteiger partial charge in [-0.25, -0.2) is 0 Å². The van der Waals surface area contributed by atoms with Crippen molar-refractivity contribution in [2.24, 2.45) is 17.8 Å². The first-order valence-corrected chi connectivity index (χ1v) is 5.65. The minimum atomic E-state index is 0.749. The molecule has 0 heterocycles. The number of hydrogen-bond acceptors (Lipinski definition) is 0. The summed E-state index contributed by atoms with van der Waals surface area (Å²) >= 11 is 0. The molecule has 0 aromatic rings. The zero-order valence-electron chi connectivity index (χ0n) is 8.79. The third-order valence-corrected chi connectivity index (χ3v) is 3.48. The average Bonchev–Trinajstić information content (AvgIpc) is 2.17. The van der Waals surface area contributed by atoms with Crippen LogP contribution in [-0.4, -0.2) is 0 Å². The minimum Gasteiger partial charge on any atom is -0.0873 e. The molecule has 0 N–H and O–H groups in total. The van der Waals surface area contributed by atoms with E-state index in [-0.39, 0.29) is 0 Å². The van der Waals surface area contributed by atoms with Gasteiger partial charge < -0.3 is 0 Å². The summed E-state index contributed by atoms with van der Waals surface area (Å²) in [4.78, 5) is 0. The fourth-order valence-electron chi connectivity index (χ4n) is 2.74. The van der Waals surface area contributed by atoms with Gasteiger partial charge in [0.1, 0.15) is 0 Å². The molecule has 2 aliphatic rings. The Morgan fingerprint density at radius 1 is 1.38 bits per heavy atom. The lowest BCUT2D eigenvalue weighted by molar-refractivity contribution is 0.402. The van der Waals surface area contributed by atoms with Crippen molar-refractivity contribution in [3.63, 3.8) is 0 Å². The van der Waals surface area contributed by atoms with Gasteiger partial charge in [-0.05, 0) is 37.5 Å². The topological polar surface area (TPSA) is 0 Å². The second-order valence-corrected chi connectivity index (χ2v) is 4.77. The maximum atomic E-state index is 2.52. The highest BCUT2D eigenvalue weighted by molar-refractivity contribution is 5.24. The van der Waals surface area contributed by atoms with Gasteiger partial charge in [0.25, 0.3) is 0 Å². The number of allylic oxidation sites excluding steroid dienone is 4. The van der Waals surface area contributed by atoms with Crippen molar-refractivity contribution >= 4 is 0 Å². The molecule has 2 unspecified atom stereocenters. The zero-order valence-corrected chi connectivity index (χ0v) is 8.79. The van der Waals surface area contributed by atoms with Gasteiger partial charge in [0.15, 0.2) is 0 Å². The van der Waals surface area contributed by atoms with Gasteiger partial charge >= 0.3 is 0 Å². The van der Waals surface area contributed by atoms with Crippen molar-refractivity contribution in [2.45, 2.75) is 39.5 Å². The van der Waals surface area contributed by atoms with Crippen LogP contribution < -0.4 is 0 Å². The van der Waals surface area contributed by atoms with Crippen LogP contribution >= 0.6 is 0 Å². The Hall–Kier alpha value is -0.520. The Morgan fingerprint density at radius 2 is 2.23 bits per heavy atom. The molecule has 0 aliphatic heterocycles. The van der Waals surface area contributed by atoms with Crippen LogP contribution in [0.4, 0.5) is 0 Å². The SMILES string of the molecule is CC(C)C1C=CCC2CCCC=C21. The van der Waals surface area contributed by atoms with Gasteiger partial charge in [-0.3, -0.25) is 0 Å². The minimum absolute atomic E-state index is 0.749. The van der Waals surface area contributed by atoms with Crippen LogP contribution in [0, 0.1) is 17.8 Å². The first kappa shape index (κ1) is 9.05. The summed E-state index contributed by atoms with van der Waals surface area (Å²) in [6.45, 7) is 4.68. The Kier molecular flexibility index (Phi) is 2.57. The van der Waals surface area contributed by atoms with Crippen molar-refractivity contribution < 1.29 is 0 Å². The Morgan fingerprint density at radius 3 is 3.00 bits per heavy atom. The molecule has 2 atom stereocenters. The molecular formula is C13H20. The van der Waals surface area contributed by atoms with Crippen molar-refractivity contribution in [3.8, 4) is 0 Å². The molecule has 0 saturated heterocycles. The van der Waals surface area contributed by atoms with Crippen LogP contribution in [0.1, 0.15) is 39.5 Å². The number of rotatable bonds is 1. The summed E-state index contributed by atoms with van der Waals surface area (Å²) in [5.41, 5.74) is 1.75. The zero-order chi connectivity index (χ0) is 9.26. The van der Waals surface area contributed by atoms with Crippen LogP contribution in [0.25, 0.3) is 0 Å². The van der Waals surface area contributed by atoms with E-state index in [0.29, 0.717) is 0 Å². The molecule has 0 heteroatoms. The largest absolute Gasteiger partial charge is 0.0873 e. The van der Waals surface area contributed by atoms with E-state index >= 15 is 0 Å². The molecule has 13 heavy (non-hydrogen) atoms. The van der Waals surface area contributed by atoms with Gasteiger partial charge in [-0.2, -0.15) is 0 Å². The predicted octanol–water partition coefficient (Wildman–Crippen LogP) is 3.95. The van der Waals surface area contributed by atoms with Crippen molar-refractivity contribution in [2.75, 3.05) is 0 Å². The van der Waals surface area contributed by atoms with Crippen LogP contribution in [0.15, 0.2) is 23.8 Å². The van der Waals surface area contributed by atoms with Gasteiger partial charge in [-0.1, -0.05) is 37.6 Å². The van der Waals surface area contributed by atoms with Gasteiger partial charge in [0.2, 0.25) is 0 Å². The van der Waals surface area contributed by atoms with Gasteiger partial charge in [-0.15, -0.1) is 0 Å². The average molecular weight is 176 g/mol. The Balaban J connectivity index is 2.23. The highest BCUT2D eigenvalue weighted by Gasteiger charge is 2.26. The summed E-state index contributed by atoms with van der Waals surface area (Å²) in [7, 11) is 0. The summed E-state index contributed by atoms with van der Waals surface area (Å²) in [5, 5.41) is 0. The normalized spacial score (nSPS) is 33.0. The summed E-state index contributed by atoms with van der Waals surface area (Å²) in [6.07, 6.45) is 12.8. The van der Waals surface area contributed by atoms with E-state index in [4.69, 9.17) is 0 Å². The van der Waals surface area contributed by atoms with Crippen LogP contribution in [0.2, 0.25) is 0 Å². The molecule has 0 aromatic heterocycles. The molecule has 0 spiro atoms. The first-order valence-electron chi connectivity index (χ1n) is 5.65. The molecule has 0 amide bonds. The monoisotopic (exact) mass is 176 g/mol. The van der Waals surface area contributed by atoms with E-state index in [0.717, 1.165) is 17.8 Å². The van der Waals surface area contributed by atoms with Crippen LogP contribution in [0.5, 0.6) is 0 Å². The number of fused-ring (bicyclic) bond motifs is 1. The second-order valence-electron chi connectivity index (χ2n) is 4.77. The highest BCUT2D eigenvalue weighted by atomic mass is 14.3. The summed E-state index contributed by atoms with van der Waals surface area (Å²) in [6, 6.07) is 0. The number of hydrogen-bond donors (Lipinski definition) is 0. The molecule has 0 bridgehead atoms. The second kappa shape index (κ2) is 3.69. The van der Waals surface area contributed by atoms with E-state index < -0.39 is 0 Å². The Labute approximate surface area is 81.7 Å². The van der Waals surface area contributed by atoms with E-state index in [9.17, 15) is 0 Å².